The first-order chi connectivity index (χ1) is 10.0. The zero-order chi connectivity index (χ0) is 15.0. The van der Waals surface area contributed by atoms with Crippen LogP contribution in [0.3, 0.4) is 0 Å². The molecule has 1 heterocycles. The first kappa shape index (κ1) is 14.1. The van der Waals surface area contributed by atoms with Crippen LogP contribution in [0.5, 0.6) is 5.75 Å². The third kappa shape index (κ3) is 2.43. The molecular weight excluding hydrogens is 283 g/mol. The minimum Gasteiger partial charge on any atom is -0.439 e. The van der Waals surface area contributed by atoms with E-state index in [1.165, 1.54) is 6.92 Å². The Labute approximate surface area is 124 Å². The second kappa shape index (κ2) is 5.16. The summed E-state index contributed by atoms with van der Waals surface area (Å²) in [6.45, 7) is 3.33. The van der Waals surface area contributed by atoms with E-state index in [-0.39, 0.29) is 17.9 Å². The predicted octanol–water partition coefficient (Wildman–Crippen LogP) is 3.87. The van der Waals surface area contributed by atoms with Crippen molar-refractivity contribution in [3.05, 3.63) is 48.5 Å². The largest absolute Gasteiger partial charge is 0.439 e. The van der Waals surface area contributed by atoms with E-state index in [0.29, 0.717) is 5.75 Å². The molecule has 0 radical (unpaired) electrons. The summed E-state index contributed by atoms with van der Waals surface area (Å²) < 4.78 is 19.2. The lowest BCUT2D eigenvalue weighted by Crippen LogP contribution is -2.24. The van der Waals surface area contributed by atoms with Crippen LogP contribution in [0.2, 0.25) is 0 Å². The molecule has 21 heavy (non-hydrogen) atoms. The van der Waals surface area contributed by atoms with Gasteiger partial charge in [-0.25, -0.2) is 0 Å². The van der Waals surface area contributed by atoms with Gasteiger partial charge in [0.2, 0.25) is 0 Å². The summed E-state index contributed by atoms with van der Waals surface area (Å²) in [6, 6.07) is 15.2. The summed E-state index contributed by atoms with van der Waals surface area (Å²) in [4.78, 5) is 11.5. The van der Waals surface area contributed by atoms with Gasteiger partial charge in [0.15, 0.2) is 0 Å². The van der Waals surface area contributed by atoms with Crippen molar-refractivity contribution in [1.29, 1.82) is 0 Å². The quantitative estimate of drug-likeness (QED) is 0.808. The Hall–Kier alpha value is -1.86. The van der Waals surface area contributed by atoms with Crippen molar-refractivity contribution in [2.45, 2.75) is 13.8 Å². The second-order valence-electron chi connectivity index (χ2n) is 5.47. The van der Waals surface area contributed by atoms with Gasteiger partial charge in [0.25, 0.3) is 7.37 Å². The number of hydrogen-bond acceptors (Lipinski definition) is 3. The van der Waals surface area contributed by atoms with E-state index >= 15 is 0 Å². The summed E-state index contributed by atoms with van der Waals surface area (Å²) in [5.41, 5.74) is 1.90. The lowest BCUT2D eigenvalue weighted by Gasteiger charge is -2.29. The van der Waals surface area contributed by atoms with Gasteiger partial charge >= 0.3 is 0 Å². The molecule has 3 rings (SSSR count). The minimum atomic E-state index is -3.07. The predicted molar refractivity (Wildman–Crippen MR) is 84.5 cm³/mol. The Morgan fingerprint density at radius 1 is 1.10 bits per heavy atom. The maximum absolute atomic E-state index is 13.4. The lowest BCUT2D eigenvalue weighted by molar-refractivity contribution is -0.119. The Morgan fingerprint density at radius 3 is 2.43 bits per heavy atom. The van der Waals surface area contributed by atoms with Crippen LogP contribution in [0.25, 0.3) is 11.1 Å². The molecule has 2 aromatic carbocycles. The lowest BCUT2D eigenvalue weighted by atomic mass is 10.0. The Balaban J connectivity index is 2.14. The normalized spacial score (nSPS) is 20.9. The SMILES string of the molecule is CC(=O)C(C)CP1(=O)Oc2ccccc2-c2ccccc21. The van der Waals surface area contributed by atoms with Crippen molar-refractivity contribution in [2.75, 3.05) is 6.16 Å². The van der Waals surface area contributed by atoms with Gasteiger partial charge < -0.3 is 4.52 Å². The number of fused-ring (bicyclic) bond motifs is 3. The number of carbonyl (C=O) groups is 1. The zero-order valence-electron chi connectivity index (χ0n) is 12.1. The van der Waals surface area contributed by atoms with Crippen molar-refractivity contribution in [3.8, 4) is 16.9 Å². The molecule has 108 valence electrons. The Morgan fingerprint density at radius 2 is 1.71 bits per heavy atom. The molecule has 0 fully saturated rings. The van der Waals surface area contributed by atoms with Crippen molar-refractivity contribution in [2.24, 2.45) is 5.92 Å². The van der Waals surface area contributed by atoms with E-state index in [1.54, 1.807) is 6.92 Å². The summed E-state index contributed by atoms with van der Waals surface area (Å²) in [7, 11) is -3.07. The van der Waals surface area contributed by atoms with E-state index in [9.17, 15) is 9.36 Å². The fraction of sp³-hybridized carbons (Fsp3) is 0.235. The van der Waals surface area contributed by atoms with Crippen LogP contribution in [0.15, 0.2) is 48.5 Å². The highest BCUT2D eigenvalue weighted by Crippen LogP contribution is 2.55. The first-order valence-electron chi connectivity index (χ1n) is 6.99. The van der Waals surface area contributed by atoms with Gasteiger partial charge in [-0.15, -0.1) is 0 Å². The molecular formula is C17H17O3P. The maximum Gasteiger partial charge on any atom is 0.278 e. The third-order valence-corrected chi connectivity index (χ3v) is 6.55. The molecule has 0 aliphatic carbocycles. The highest BCUT2D eigenvalue weighted by atomic mass is 31.2. The molecule has 1 aliphatic heterocycles. The van der Waals surface area contributed by atoms with Crippen LogP contribution >= 0.6 is 7.37 Å². The summed E-state index contributed by atoms with van der Waals surface area (Å²) in [5, 5.41) is 0.719. The molecule has 1 aliphatic rings. The molecule has 2 aromatic rings. The monoisotopic (exact) mass is 300 g/mol. The first-order valence-corrected chi connectivity index (χ1v) is 8.80. The number of carbonyl (C=O) groups excluding carboxylic acids is 1. The second-order valence-corrected chi connectivity index (χ2v) is 7.85. The molecule has 0 bridgehead atoms. The number of benzene rings is 2. The van der Waals surface area contributed by atoms with Gasteiger partial charge in [-0.3, -0.25) is 9.36 Å². The Bertz CT molecular complexity index is 751. The Kier molecular flexibility index (Phi) is 3.46. The molecule has 0 saturated carbocycles. The van der Waals surface area contributed by atoms with Crippen LogP contribution in [-0.2, 0) is 9.36 Å². The average molecular weight is 300 g/mol. The van der Waals surface area contributed by atoms with E-state index < -0.39 is 7.37 Å². The maximum atomic E-state index is 13.4. The van der Waals surface area contributed by atoms with Crippen molar-refractivity contribution in [3.63, 3.8) is 0 Å². The van der Waals surface area contributed by atoms with Crippen LogP contribution < -0.4 is 9.83 Å². The molecule has 0 N–H and O–H groups in total. The van der Waals surface area contributed by atoms with Gasteiger partial charge in [0, 0.05) is 17.6 Å². The van der Waals surface area contributed by atoms with Crippen molar-refractivity contribution >= 4 is 18.5 Å². The van der Waals surface area contributed by atoms with E-state index in [4.69, 9.17) is 4.52 Å². The van der Waals surface area contributed by atoms with Crippen LogP contribution in [0, 0.1) is 5.92 Å². The standard InChI is InChI=1S/C17H17O3P/c1-12(13(2)18)11-21(19)17-10-6-4-8-15(17)14-7-3-5-9-16(14)20-21/h3-10,12H,11H2,1-2H3. The van der Waals surface area contributed by atoms with Crippen LogP contribution in [0.4, 0.5) is 0 Å². The smallest absolute Gasteiger partial charge is 0.278 e. The zero-order valence-corrected chi connectivity index (χ0v) is 13.0. The molecule has 0 spiro atoms. The molecule has 0 amide bonds. The van der Waals surface area contributed by atoms with Crippen molar-refractivity contribution < 1.29 is 13.9 Å². The average Bonchev–Trinajstić information content (AvgIpc) is 2.47. The highest BCUT2D eigenvalue weighted by molar-refractivity contribution is 7.67. The highest BCUT2D eigenvalue weighted by Gasteiger charge is 2.37. The summed E-state index contributed by atoms with van der Waals surface area (Å²) >= 11 is 0. The number of para-hydroxylation sites is 1. The molecule has 2 atom stereocenters. The fourth-order valence-electron chi connectivity index (χ4n) is 2.60. The van der Waals surface area contributed by atoms with Gasteiger partial charge in [0.1, 0.15) is 11.5 Å². The van der Waals surface area contributed by atoms with Crippen molar-refractivity contribution in [1.82, 2.24) is 0 Å². The molecule has 0 aromatic heterocycles. The van der Waals surface area contributed by atoms with E-state index in [2.05, 4.69) is 0 Å². The van der Waals surface area contributed by atoms with Crippen LogP contribution in [-0.4, -0.2) is 11.9 Å². The van der Waals surface area contributed by atoms with Gasteiger partial charge in [-0.1, -0.05) is 43.3 Å². The van der Waals surface area contributed by atoms with Gasteiger partial charge in [-0.2, -0.15) is 0 Å². The summed E-state index contributed by atoms with van der Waals surface area (Å²) in [6.07, 6.45) is 0.244. The van der Waals surface area contributed by atoms with E-state index in [1.807, 2.05) is 48.5 Å². The van der Waals surface area contributed by atoms with Crippen LogP contribution in [0.1, 0.15) is 13.8 Å². The molecule has 3 nitrogen and oxygen atoms in total. The molecule has 4 heteroatoms. The fourth-order valence-corrected chi connectivity index (χ4v) is 5.30. The summed E-state index contributed by atoms with van der Waals surface area (Å²) in [5.74, 6) is 0.384. The molecule has 2 unspecified atom stereocenters. The molecule has 0 saturated heterocycles. The minimum absolute atomic E-state index is 0.0326. The van der Waals surface area contributed by atoms with Gasteiger partial charge in [0.05, 0.1) is 5.30 Å². The third-order valence-electron chi connectivity index (χ3n) is 3.90. The van der Waals surface area contributed by atoms with E-state index in [0.717, 1.165) is 16.4 Å². The van der Waals surface area contributed by atoms with Gasteiger partial charge in [-0.05, 0) is 24.6 Å². The number of Topliss-reactive ketones (excluding diaryl/α,β-unsaturated/α-hetero) is 1. The number of hydrogen-bond donors (Lipinski definition) is 0. The number of rotatable bonds is 3. The number of ketones is 1. The topological polar surface area (TPSA) is 43.4 Å².